The number of nitrogens with two attached hydrogens (primary N) is 1. The molecular weight excluding hydrogens is 245 g/mol. The van der Waals surface area contributed by atoms with Gasteiger partial charge in [0.2, 0.25) is 0 Å². The summed E-state index contributed by atoms with van der Waals surface area (Å²) >= 11 is 1.52. The SMILES string of the molecule is CC(C)CC(C)CC(N)CSc1ccccc1F. The summed E-state index contributed by atoms with van der Waals surface area (Å²) in [6, 6.07) is 7.02. The van der Waals surface area contributed by atoms with Crippen molar-refractivity contribution in [2.24, 2.45) is 17.6 Å². The topological polar surface area (TPSA) is 26.0 Å². The van der Waals surface area contributed by atoms with Crippen molar-refractivity contribution in [1.29, 1.82) is 0 Å². The largest absolute Gasteiger partial charge is 0.327 e. The van der Waals surface area contributed by atoms with Crippen molar-refractivity contribution in [3.8, 4) is 0 Å². The third kappa shape index (κ3) is 5.87. The number of benzene rings is 1. The lowest BCUT2D eigenvalue weighted by Crippen LogP contribution is -2.25. The summed E-state index contributed by atoms with van der Waals surface area (Å²) in [5.41, 5.74) is 6.10. The van der Waals surface area contributed by atoms with Crippen LogP contribution in [0.3, 0.4) is 0 Å². The zero-order chi connectivity index (χ0) is 13.5. The Balaban J connectivity index is 2.33. The summed E-state index contributed by atoms with van der Waals surface area (Å²) < 4.78 is 13.4. The summed E-state index contributed by atoms with van der Waals surface area (Å²) in [5.74, 6) is 1.99. The van der Waals surface area contributed by atoms with Crippen molar-refractivity contribution in [3.05, 3.63) is 30.1 Å². The van der Waals surface area contributed by atoms with Crippen LogP contribution >= 0.6 is 11.8 Å². The van der Waals surface area contributed by atoms with Crippen molar-refractivity contribution in [2.45, 2.75) is 44.6 Å². The van der Waals surface area contributed by atoms with Crippen molar-refractivity contribution in [3.63, 3.8) is 0 Å². The van der Waals surface area contributed by atoms with Crippen LogP contribution in [0.15, 0.2) is 29.2 Å². The quantitative estimate of drug-likeness (QED) is 0.746. The average molecular weight is 269 g/mol. The average Bonchev–Trinajstić information content (AvgIpc) is 2.26. The van der Waals surface area contributed by atoms with Crippen molar-refractivity contribution in [1.82, 2.24) is 0 Å². The molecule has 0 saturated carbocycles. The predicted octanol–water partition coefficient (Wildman–Crippen LogP) is 4.32. The maximum absolute atomic E-state index is 13.4. The van der Waals surface area contributed by atoms with E-state index >= 15 is 0 Å². The summed E-state index contributed by atoms with van der Waals surface area (Å²) in [5, 5.41) is 0. The molecule has 0 spiro atoms. The second kappa shape index (κ2) is 7.80. The van der Waals surface area contributed by atoms with E-state index < -0.39 is 0 Å². The van der Waals surface area contributed by atoms with E-state index in [0.29, 0.717) is 16.7 Å². The molecule has 0 aromatic heterocycles. The van der Waals surface area contributed by atoms with Gasteiger partial charge in [-0.25, -0.2) is 4.39 Å². The lowest BCUT2D eigenvalue weighted by molar-refractivity contribution is 0.394. The Labute approximate surface area is 114 Å². The maximum atomic E-state index is 13.4. The van der Waals surface area contributed by atoms with Gasteiger partial charge in [0.05, 0.1) is 0 Å². The minimum atomic E-state index is -0.148. The second-order valence-corrected chi connectivity index (χ2v) is 6.53. The first-order valence-corrected chi connectivity index (χ1v) is 7.60. The first-order valence-electron chi connectivity index (χ1n) is 6.62. The fraction of sp³-hybridized carbons (Fsp3) is 0.600. The van der Waals surface area contributed by atoms with E-state index in [0.717, 1.165) is 12.2 Å². The molecule has 0 aliphatic carbocycles. The minimum Gasteiger partial charge on any atom is -0.327 e. The lowest BCUT2D eigenvalue weighted by atomic mass is 9.93. The Morgan fingerprint density at radius 1 is 1.17 bits per heavy atom. The molecule has 1 rings (SSSR count). The van der Waals surface area contributed by atoms with Crippen molar-refractivity contribution < 1.29 is 4.39 Å². The number of rotatable bonds is 7. The van der Waals surface area contributed by atoms with E-state index in [1.165, 1.54) is 24.2 Å². The number of hydrogen-bond donors (Lipinski definition) is 1. The van der Waals surface area contributed by atoms with Gasteiger partial charge in [-0.05, 0) is 36.8 Å². The van der Waals surface area contributed by atoms with Gasteiger partial charge in [-0.3, -0.25) is 0 Å². The molecule has 1 aromatic carbocycles. The van der Waals surface area contributed by atoms with Crippen LogP contribution in [0.25, 0.3) is 0 Å². The molecule has 2 N–H and O–H groups in total. The van der Waals surface area contributed by atoms with E-state index in [2.05, 4.69) is 20.8 Å². The van der Waals surface area contributed by atoms with Gasteiger partial charge in [0.15, 0.2) is 0 Å². The highest BCUT2D eigenvalue weighted by Gasteiger charge is 2.12. The van der Waals surface area contributed by atoms with E-state index in [1.807, 2.05) is 12.1 Å². The number of halogens is 1. The zero-order valence-electron chi connectivity index (χ0n) is 11.5. The van der Waals surface area contributed by atoms with Gasteiger partial charge in [0.1, 0.15) is 5.82 Å². The van der Waals surface area contributed by atoms with Crippen molar-refractivity contribution >= 4 is 11.8 Å². The minimum absolute atomic E-state index is 0.142. The molecule has 0 aliphatic rings. The first kappa shape index (κ1) is 15.5. The summed E-state index contributed by atoms with van der Waals surface area (Å²) in [7, 11) is 0. The zero-order valence-corrected chi connectivity index (χ0v) is 12.3. The monoisotopic (exact) mass is 269 g/mol. The van der Waals surface area contributed by atoms with Gasteiger partial charge in [0.25, 0.3) is 0 Å². The van der Waals surface area contributed by atoms with Crippen molar-refractivity contribution in [2.75, 3.05) is 5.75 Å². The highest BCUT2D eigenvalue weighted by atomic mass is 32.2. The van der Waals surface area contributed by atoms with Crippen LogP contribution < -0.4 is 5.73 Å². The van der Waals surface area contributed by atoms with E-state index in [1.54, 1.807) is 6.07 Å². The molecule has 18 heavy (non-hydrogen) atoms. The van der Waals surface area contributed by atoms with Gasteiger partial charge in [-0.15, -0.1) is 11.8 Å². The molecule has 3 heteroatoms. The molecule has 1 nitrogen and oxygen atoms in total. The Bertz CT molecular complexity index is 354. The molecule has 1 aromatic rings. The van der Waals surface area contributed by atoms with Gasteiger partial charge >= 0.3 is 0 Å². The molecule has 0 bridgehead atoms. The summed E-state index contributed by atoms with van der Waals surface area (Å²) in [6.45, 7) is 6.71. The molecule has 102 valence electrons. The summed E-state index contributed by atoms with van der Waals surface area (Å²) in [4.78, 5) is 0.699. The fourth-order valence-electron chi connectivity index (χ4n) is 2.24. The van der Waals surface area contributed by atoms with Crippen LogP contribution in [0.1, 0.15) is 33.6 Å². The molecule has 0 aliphatic heterocycles. The van der Waals surface area contributed by atoms with Gasteiger partial charge in [-0.1, -0.05) is 32.9 Å². The van der Waals surface area contributed by atoms with Gasteiger partial charge in [-0.2, -0.15) is 0 Å². The van der Waals surface area contributed by atoms with Crippen LogP contribution in [0.5, 0.6) is 0 Å². The van der Waals surface area contributed by atoms with Crippen LogP contribution in [0.4, 0.5) is 4.39 Å². The van der Waals surface area contributed by atoms with E-state index in [9.17, 15) is 4.39 Å². The molecule has 2 atom stereocenters. The third-order valence-electron chi connectivity index (χ3n) is 2.87. The predicted molar refractivity (Wildman–Crippen MR) is 78.3 cm³/mol. The first-order chi connectivity index (χ1) is 8.49. The van der Waals surface area contributed by atoms with Gasteiger partial charge in [0, 0.05) is 16.7 Å². The third-order valence-corrected chi connectivity index (χ3v) is 4.11. The maximum Gasteiger partial charge on any atom is 0.136 e. The highest BCUT2D eigenvalue weighted by molar-refractivity contribution is 7.99. The molecule has 0 saturated heterocycles. The molecular formula is C15H24FNS. The molecule has 2 unspecified atom stereocenters. The molecule has 0 radical (unpaired) electrons. The Morgan fingerprint density at radius 3 is 2.44 bits per heavy atom. The smallest absolute Gasteiger partial charge is 0.136 e. The molecule has 0 heterocycles. The second-order valence-electron chi connectivity index (χ2n) is 5.47. The molecule has 0 fully saturated rings. The summed E-state index contributed by atoms with van der Waals surface area (Å²) in [6.07, 6.45) is 2.22. The van der Waals surface area contributed by atoms with Crippen LogP contribution in [0, 0.1) is 17.7 Å². The van der Waals surface area contributed by atoms with Crippen LogP contribution in [-0.2, 0) is 0 Å². The Hall–Kier alpha value is -0.540. The normalized spacial score (nSPS) is 14.8. The lowest BCUT2D eigenvalue weighted by Gasteiger charge is -2.18. The Morgan fingerprint density at radius 2 is 1.83 bits per heavy atom. The highest BCUT2D eigenvalue weighted by Crippen LogP contribution is 2.24. The fourth-order valence-corrected chi connectivity index (χ4v) is 3.15. The van der Waals surface area contributed by atoms with Crippen LogP contribution in [-0.4, -0.2) is 11.8 Å². The standard InChI is InChI=1S/C15H24FNS/c1-11(2)8-12(3)9-13(17)10-18-15-7-5-4-6-14(15)16/h4-7,11-13H,8-10,17H2,1-3H3. The van der Waals surface area contributed by atoms with Crippen LogP contribution in [0.2, 0.25) is 0 Å². The van der Waals surface area contributed by atoms with E-state index in [4.69, 9.17) is 5.73 Å². The van der Waals surface area contributed by atoms with Gasteiger partial charge < -0.3 is 5.73 Å². The number of hydrogen-bond acceptors (Lipinski definition) is 2. The molecule has 0 amide bonds. The number of thioether (sulfide) groups is 1. The van der Waals surface area contributed by atoms with E-state index in [-0.39, 0.29) is 11.9 Å². The Kier molecular flexibility index (Phi) is 6.72.